The molecule has 0 atom stereocenters. The van der Waals surface area contributed by atoms with Crippen LogP contribution in [0.2, 0.25) is 0 Å². The number of nitrogens with zero attached hydrogens (tertiary/aromatic N) is 4. The third-order valence-corrected chi connectivity index (χ3v) is 4.41. The number of aromatic nitrogens is 3. The third-order valence-electron chi connectivity index (χ3n) is 4.41. The van der Waals surface area contributed by atoms with Crippen LogP contribution in [0.4, 0.5) is 0 Å². The van der Waals surface area contributed by atoms with Crippen LogP contribution in [0.15, 0.2) is 60.0 Å². The molecule has 2 aromatic heterocycles. The zero-order valence-corrected chi connectivity index (χ0v) is 19.3. The zero-order chi connectivity index (χ0) is 19.8. The number of hydrogen-bond donors (Lipinski definition) is 2. The number of nitrogens with one attached hydrogen (secondary N) is 2. The Hall–Kier alpha value is -2.62. The molecule has 0 aliphatic carbocycles. The van der Waals surface area contributed by atoms with Crippen molar-refractivity contribution in [2.45, 2.75) is 19.9 Å². The molecule has 2 N–H and O–H groups in total. The SMILES string of the molecule is CN=C(NCCc1ccc(C)c(OC)c1)NCc1ccnc(-n2cccn2)c1.I. The summed E-state index contributed by atoms with van der Waals surface area (Å²) in [6, 6.07) is 12.2. The van der Waals surface area contributed by atoms with Crippen molar-refractivity contribution in [2.24, 2.45) is 4.99 Å². The van der Waals surface area contributed by atoms with Gasteiger partial charge in [-0.25, -0.2) is 9.67 Å². The number of rotatable bonds is 7. The second kappa shape index (κ2) is 11.4. The summed E-state index contributed by atoms with van der Waals surface area (Å²) >= 11 is 0. The van der Waals surface area contributed by atoms with Gasteiger partial charge in [-0.05, 0) is 54.3 Å². The molecule has 0 spiro atoms. The van der Waals surface area contributed by atoms with Crippen LogP contribution in [0.1, 0.15) is 16.7 Å². The molecule has 7 nitrogen and oxygen atoms in total. The number of hydrogen-bond acceptors (Lipinski definition) is 4. The highest BCUT2D eigenvalue weighted by molar-refractivity contribution is 14.0. The van der Waals surface area contributed by atoms with Crippen LogP contribution >= 0.6 is 24.0 Å². The molecule has 29 heavy (non-hydrogen) atoms. The van der Waals surface area contributed by atoms with Gasteiger partial charge in [0.15, 0.2) is 11.8 Å². The molecule has 0 aliphatic rings. The lowest BCUT2D eigenvalue weighted by Gasteiger charge is -2.13. The number of aliphatic imine (C=N–C) groups is 1. The van der Waals surface area contributed by atoms with Crippen LogP contribution in [-0.4, -0.2) is 41.4 Å². The Balaban J connectivity index is 0.00000300. The molecule has 0 saturated carbocycles. The lowest BCUT2D eigenvalue weighted by molar-refractivity contribution is 0.411. The first kappa shape index (κ1) is 22.7. The minimum Gasteiger partial charge on any atom is -0.496 e. The molecule has 154 valence electrons. The summed E-state index contributed by atoms with van der Waals surface area (Å²) in [7, 11) is 3.47. The van der Waals surface area contributed by atoms with Crippen LogP contribution in [0, 0.1) is 6.92 Å². The van der Waals surface area contributed by atoms with Gasteiger partial charge in [0.25, 0.3) is 0 Å². The second-order valence-electron chi connectivity index (χ2n) is 6.38. The molecule has 3 rings (SSSR count). The van der Waals surface area contributed by atoms with E-state index in [4.69, 9.17) is 4.74 Å². The number of pyridine rings is 1. The topological polar surface area (TPSA) is 76.4 Å². The van der Waals surface area contributed by atoms with E-state index in [1.807, 2.05) is 31.3 Å². The minimum absolute atomic E-state index is 0. The van der Waals surface area contributed by atoms with Crippen LogP contribution in [0.5, 0.6) is 5.75 Å². The Labute approximate surface area is 188 Å². The van der Waals surface area contributed by atoms with Gasteiger partial charge in [-0.2, -0.15) is 5.10 Å². The monoisotopic (exact) mass is 506 g/mol. The Bertz CT molecular complexity index is 927. The molecule has 0 fully saturated rings. The van der Waals surface area contributed by atoms with Crippen molar-refractivity contribution in [3.8, 4) is 11.6 Å². The lowest BCUT2D eigenvalue weighted by Crippen LogP contribution is -2.37. The summed E-state index contributed by atoms with van der Waals surface area (Å²) in [4.78, 5) is 8.64. The van der Waals surface area contributed by atoms with Crippen molar-refractivity contribution >= 4 is 29.9 Å². The van der Waals surface area contributed by atoms with Crippen molar-refractivity contribution < 1.29 is 4.74 Å². The largest absolute Gasteiger partial charge is 0.496 e. The Morgan fingerprint density at radius 1 is 1.14 bits per heavy atom. The maximum atomic E-state index is 5.39. The van der Waals surface area contributed by atoms with E-state index in [1.165, 1.54) is 5.56 Å². The maximum absolute atomic E-state index is 5.39. The van der Waals surface area contributed by atoms with Gasteiger partial charge in [-0.3, -0.25) is 4.99 Å². The summed E-state index contributed by atoms with van der Waals surface area (Å²) in [5.41, 5.74) is 3.47. The van der Waals surface area contributed by atoms with E-state index in [-0.39, 0.29) is 24.0 Å². The first-order valence-electron chi connectivity index (χ1n) is 9.22. The molecule has 1 aromatic carbocycles. The summed E-state index contributed by atoms with van der Waals surface area (Å²) in [6.45, 7) is 3.47. The van der Waals surface area contributed by atoms with Crippen molar-refractivity contribution in [3.05, 3.63) is 71.7 Å². The van der Waals surface area contributed by atoms with E-state index in [2.05, 4.69) is 43.9 Å². The van der Waals surface area contributed by atoms with Crippen molar-refractivity contribution in [3.63, 3.8) is 0 Å². The molecule has 0 saturated heterocycles. The number of methoxy groups -OCH3 is 1. The number of halogens is 1. The highest BCUT2D eigenvalue weighted by Gasteiger charge is 2.04. The average Bonchev–Trinajstić information content (AvgIpc) is 3.27. The molecular weight excluding hydrogens is 479 g/mol. The van der Waals surface area contributed by atoms with E-state index < -0.39 is 0 Å². The minimum atomic E-state index is 0. The van der Waals surface area contributed by atoms with E-state index >= 15 is 0 Å². The van der Waals surface area contributed by atoms with Crippen molar-refractivity contribution in [2.75, 3.05) is 20.7 Å². The fourth-order valence-electron chi connectivity index (χ4n) is 2.85. The molecule has 0 unspecified atom stereocenters. The Morgan fingerprint density at radius 2 is 2.00 bits per heavy atom. The zero-order valence-electron chi connectivity index (χ0n) is 16.9. The number of aryl methyl sites for hydroxylation is 1. The first-order chi connectivity index (χ1) is 13.7. The van der Waals surface area contributed by atoms with Gasteiger partial charge in [0, 0.05) is 38.7 Å². The molecule has 0 radical (unpaired) electrons. The highest BCUT2D eigenvalue weighted by Crippen LogP contribution is 2.19. The molecule has 0 aliphatic heterocycles. The van der Waals surface area contributed by atoms with Gasteiger partial charge in [0.05, 0.1) is 7.11 Å². The van der Waals surface area contributed by atoms with Crippen LogP contribution in [-0.2, 0) is 13.0 Å². The van der Waals surface area contributed by atoms with E-state index in [0.717, 1.165) is 41.6 Å². The number of ether oxygens (including phenoxy) is 1. The van der Waals surface area contributed by atoms with Crippen molar-refractivity contribution in [1.82, 2.24) is 25.4 Å². The Kier molecular flexibility index (Phi) is 8.91. The summed E-state index contributed by atoms with van der Waals surface area (Å²) in [5, 5.41) is 10.9. The van der Waals surface area contributed by atoms with Gasteiger partial charge in [0.2, 0.25) is 0 Å². The lowest BCUT2D eigenvalue weighted by atomic mass is 10.1. The van der Waals surface area contributed by atoms with Gasteiger partial charge >= 0.3 is 0 Å². The van der Waals surface area contributed by atoms with Crippen LogP contribution < -0.4 is 15.4 Å². The highest BCUT2D eigenvalue weighted by atomic mass is 127. The average molecular weight is 506 g/mol. The Morgan fingerprint density at radius 3 is 2.72 bits per heavy atom. The fourth-order valence-corrected chi connectivity index (χ4v) is 2.85. The van der Waals surface area contributed by atoms with E-state index in [1.54, 1.807) is 31.2 Å². The van der Waals surface area contributed by atoms with Gasteiger partial charge < -0.3 is 15.4 Å². The number of benzene rings is 1. The normalized spacial score (nSPS) is 10.9. The maximum Gasteiger partial charge on any atom is 0.191 e. The fraction of sp³-hybridized carbons (Fsp3) is 0.286. The standard InChI is InChI=1S/C21H26N6O.HI/c1-16-5-6-17(13-19(16)28-3)7-11-24-21(22-2)25-15-18-8-10-23-20(14-18)27-12-4-9-26-27;/h4-6,8-10,12-14H,7,11,15H2,1-3H3,(H2,22,24,25);1H. The summed E-state index contributed by atoms with van der Waals surface area (Å²) in [5.74, 6) is 2.47. The first-order valence-corrected chi connectivity index (χ1v) is 9.22. The number of guanidine groups is 1. The van der Waals surface area contributed by atoms with Crippen LogP contribution in [0.25, 0.3) is 5.82 Å². The van der Waals surface area contributed by atoms with Crippen LogP contribution in [0.3, 0.4) is 0 Å². The van der Waals surface area contributed by atoms with Gasteiger partial charge in [0.1, 0.15) is 5.75 Å². The molecular formula is C21H27IN6O. The van der Waals surface area contributed by atoms with E-state index in [9.17, 15) is 0 Å². The van der Waals surface area contributed by atoms with Gasteiger partial charge in [-0.15, -0.1) is 24.0 Å². The van der Waals surface area contributed by atoms with Gasteiger partial charge in [-0.1, -0.05) is 12.1 Å². The van der Waals surface area contributed by atoms with E-state index in [0.29, 0.717) is 6.54 Å². The third kappa shape index (κ3) is 6.45. The molecule has 0 bridgehead atoms. The second-order valence-corrected chi connectivity index (χ2v) is 6.38. The summed E-state index contributed by atoms with van der Waals surface area (Å²) < 4.78 is 7.13. The molecule has 8 heteroatoms. The predicted molar refractivity (Wildman–Crippen MR) is 126 cm³/mol. The predicted octanol–water partition coefficient (Wildman–Crippen LogP) is 3.11. The smallest absolute Gasteiger partial charge is 0.191 e. The molecule has 2 heterocycles. The van der Waals surface area contributed by atoms with Crippen molar-refractivity contribution in [1.29, 1.82) is 0 Å². The summed E-state index contributed by atoms with van der Waals surface area (Å²) in [6.07, 6.45) is 6.28. The molecule has 0 amide bonds. The quantitative estimate of drug-likeness (QED) is 0.293. The molecule has 3 aromatic rings.